The van der Waals surface area contributed by atoms with Gasteiger partial charge in [0.2, 0.25) is 0 Å². The van der Waals surface area contributed by atoms with Gasteiger partial charge in [0, 0.05) is 6.07 Å². The van der Waals surface area contributed by atoms with Crippen LogP contribution in [0.25, 0.3) is 0 Å². The summed E-state index contributed by atoms with van der Waals surface area (Å²) in [7, 11) is 0. The lowest BCUT2D eigenvalue weighted by Crippen LogP contribution is -2.34. The molecule has 0 aliphatic carbocycles. The summed E-state index contributed by atoms with van der Waals surface area (Å²) in [5.74, 6) is -0.985. The molecule has 1 aromatic carbocycles. The first-order chi connectivity index (χ1) is 8.45. The van der Waals surface area contributed by atoms with Crippen LogP contribution in [0.2, 0.25) is 0 Å². The highest BCUT2D eigenvalue weighted by atomic mass is 16.6. The van der Waals surface area contributed by atoms with Crippen LogP contribution in [-0.4, -0.2) is 28.6 Å². The van der Waals surface area contributed by atoms with E-state index in [1.54, 1.807) is 6.92 Å². The molecule has 0 aromatic heterocycles. The fourth-order valence-corrected chi connectivity index (χ4v) is 1.43. The van der Waals surface area contributed by atoms with E-state index in [1.165, 1.54) is 18.2 Å². The van der Waals surface area contributed by atoms with Crippen LogP contribution < -0.4 is 5.73 Å². The molecule has 0 saturated heterocycles. The highest BCUT2D eigenvalue weighted by molar-refractivity contribution is 5.75. The molecule has 1 rings (SSSR count). The van der Waals surface area contributed by atoms with Crippen LogP contribution in [0.4, 0.5) is 5.69 Å². The zero-order valence-corrected chi connectivity index (χ0v) is 9.83. The van der Waals surface area contributed by atoms with Gasteiger partial charge in [-0.15, -0.1) is 0 Å². The van der Waals surface area contributed by atoms with E-state index in [4.69, 9.17) is 10.5 Å². The monoisotopic (exact) mass is 254 g/mol. The van der Waals surface area contributed by atoms with E-state index in [0.717, 1.165) is 0 Å². The molecule has 0 spiro atoms. The van der Waals surface area contributed by atoms with Crippen molar-refractivity contribution >= 4 is 11.7 Å². The van der Waals surface area contributed by atoms with Gasteiger partial charge in [-0.3, -0.25) is 14.9 Å². The molecule has 18 heavy (non-hydrogen) atoms. The SMILES string of the molecule is CCOC(=O)[C@H](N)Cc1ccc(O)c([N+](=O)[O-])c1. The van der Waals surface area contributed by atoms with Crippen LogP contribution in [0.5, 0.6) is 5.75 Å². The van der Waals surface area contributed by atoms with Crippen LogP contribution in [0.1, 0.15) is 12.5 Å². The van der Waals surface area contributed by atoms with Crippen molar-refractivity contribution in [1.29, 1.82) is 0 Å². The topological polar surface area (TPSA) is 116 Å². The third kappa shape index (κ3) is 3.42. The number of rotatable bonds is 5. The Hall–Kier alpha value is -2.15. The third-order valence-electron chi connectivity index (χ3n) is 2.28. The molecule has 0 fully saturated rings. The molecule has 7 heteroatoms. The Labute approximate surface area is 103 Å². The minimum Gasteiger partial charge on any atom is -0.502 e. The molecule has 0 unspecified atom stereocenters. The molecule has 0 heterocycles. The Balaban J connectivity index is 2.82. The minimum absolute atomic E-state index is 0.111. The van der Waals surface area contributed by atoms with Crippen molar-refractivity contribution in [2.75, 3.05) is 6.61 Å². The molecule has 7 nitrogen and oxygen atoms in total. The number of carbonyl (C=O) groups excluding carboxylic acids is 1. The molecule has 98 valence electrons. The predicted molar refractivity (Wildman–Crippen MR) is 63.1 cm³/mol. The molecular weight excluding hydrogens is 240 g/mol. The van der Waals surface area contributed by atoms with Crippen molar-refractivity contribution < 1.29 is 19.6 Å². The van der Waals surface area contributed by atoms with E-state index in [0.29, 0.717) is 5.56 Å². The van der Waals surface area contributed by atoms with E-state index in [-0.39, 0.29) is 13.0 Å². The van der Waals surface area contributed by atoms with Crippen LogP contribution in [-0.2, 0) is 16.0 Å². The maximum atomic E-state index is 11.3. The Morgan fingerprint density at radius 3 is 2.83 bits per heavy atom. The van der Waals surface area contributed by atoms with Crippen molar-refractivity contribution in [3.63, 3.8) is 0 Å². The van der Waals surface area contributed by atoms with Crippen molar-refractivity contribution in [2.24, 2.45) is 5.73 Å². The van der Waals surface area contributed by atoms with Crippen molar-refractivity contribution in [2.45, 2.75) is 19.4 Å². The summed E-state index contributed by atoms with van der Waals surface area (Å²) in [5, 5.41) is 19.9. The van der Waals surface area contributed by atoms with Gasteiger partial charge in [0.15, 0.2) is 5.75 Å². The lowest BCUT2D eigenvalue weighted by Gasteiger charge is -2.10. The number of nitrogens with two attached hydrogens (primary N) is 1. The zero-order valence-electron chi connectivity index (χ0n) is 9.83. The predicted octanol–water partition coefficient (Wildman–Crippen LogP) is 0.733. The van der Waals surface area contributed by atoms with Crippen molar-refractivity contribution in [3.05, 3.63) is 33.9 Å². The van der Waals surface area contributed by atoms with Gasteiger partial charge in [0.1, 0.15) is 6.04 Å². The van der Waals surface area contributed by atoms with E-state index in [1.807, 2.05) is 0 Å². The highest BCUT2D eigenvalue weighted by Crippen LogP contribution is 2.26. The second kappa shape index (κ2) is 5.97. The number of hydrogen-bond acceptors (Lipinski definition) is 6. The van der Waals surface area contributed by atoms with Gasteiger partial charge in [-0.2, -0.15) is 0 Å². The summed E-state index contributed by atoms with van der Waals surface area (Å²) in [4.78, 5) is 21.2. The molecule has 0 aliphatic rings. The maximum Gasteiger partial charge on any atom is 0.323 e. The summed E-state index contributed by atoms with van der Waals surface area (Å²) in [6, 6.07) is 2.98. The van der Waals surface area contributed by atoms with E-state index >= 15 is 0 Å². The molecule has 0 amide bonds. The number of aromatic hydroxyl groups is 1. The first-order valence-corrected chi connectivity index (χ1v) is 5.34. The lowest BCUT2D eigenvalue weighted by atomic mass is 10.1. The normalized spacial score (nSPS) is 11.9. The van der Waals surface area contributed by atoms with Crippen LogP contribution in [0, 0.1) is 10.1 Å². The van der Waals surface area contributed by atoms with Crippen LogP contribution >= 0.6 is 0 Å². The van der Waals surface area contributed by atoms with Crippen molar-refractivity contribution in [1.82, 2.24) is 0 Å². The molecular formula is C11H14N2O5. The number of phenols is 1. The number of esters is 1. The van der Waals surface area contributed by atoms with Gasteiger partial charge in [-0.1, -0.05) is 6.07 Å². The van der Waals surface area contributed by atoms with E-state index < -0.39 is 28.4 Å². The molecule has 1 atom stereocenters. The highest BCUT2D eigenvalue weighted by Gasteiger charge is 2.18. The number of phenolic OH excluding ortho intramolecular Hbond substituents is 1. The Kier molecular flexibility index (Phi) is 4.61. The molecule has 3 N–H and O–H groups in total. The van der Waals surface area contributed by atoms with Gasteiger partial charge in [-0.25, -0.2) is 0 Å². The average molecular weight is 254 g/mol. The minimum atomic E-state index is -0.880. The molecule has 1 aromatic rings. The van der Waals surface area contributed by atoms with E-state index in [2.05, 4.69) is 0 Å². The number of carbonyl (C=O) groups is 1. The summed E-state index contributed by atoms with van der Waals surface area (Å²) in [6.07, 6.45) is 0.111. The van der Waals surface area contributed by atoms with Gasteiger partial charge < -0.3 is 15.6 Å². The number of hydrogen-bond donors (Lipinski definition) is 2. The second-order valence-electron chi connectivity index (χ2n) is 3.64. The fourth-order valence-electron chi connectivity index (χ4n) is 1.43. The third-order valence-corrected chi connectivity index (χ3v) is 2.28. The number of benzene rings is 1. The Morgan fingerprint density at radius 1 is 1.61 bits per heavy atom. The Bertz CT molecular complexity index is 461. The van der Waals surface area contributed by atoms with Crippen molar-refractivity contribution in [3.8, 4) is 5.75 Å². The van der Waals surface area contributed by atoms with Gasteiger partial charge >= 0.3 is 11.7 Å². The largest absolute Gasteiger partial charge is 0.502 e. The number of ether oxygens (including phenoxy) is 1. The first kappa shape index (κ1) is 13.9. The van der Waals surface area contributed by atoms with Gasteiger partial charge in [0.25, 0.3) is 0 Å². The summed E-state index contributed by atoms with van der Waals surface area (Å²) >= 11 is 0. The number of nitro benzene ring substituents is 1. The lowest BCUT2D eigenvalue weighted by molar-refractivity contribution is -0.385. The smallest absolute Gasteiger partial charge is 0.323 e. The maximum absolute atomic E-state index is 11.3. The second-order valence-corrected chi connectivity index (χ2v) is 3.64. The van der Waals surface area contributed by atoms with Gasteiger partial charge in [-0.05, 0) is 25.0 Å². The fraction of sp³-hybridized carbons (Fsp3) is 0.364. The zero-order chi connectivity index (χ0) is 13.7. The standard InChI is InChI=1S/C11H14N2O5/c1-2-18-11(15)8(12)5-7-3-4-10(14)9(6-7)13(16)17/h3-4,6,8,14H,2,5,12H2,1H3/t8-/m1/s1. The van der Waals surface area contributed by atoms with Crippen LogP contribution in [0.15, 0.2) is 18.2 Å². The molecule has 0 aliphatic heterocycles. The van der Waals surface area contributed by atoms with E-state index in [9.17, 15) is 20.0 Å². The molecule has 0 radical (unpaired) electrons. The quantitative estimate of drug-likeness (QED) is 0.454. The number of nitrogens with zero attached hydrogens (tertiary/aromatic N) is 1. The average Bonchev–Trinajstić information content (AvgIpc) is 2.31. The summed E-state index contributed by atoms with van der Waals surface area (Å²) < 4.78 is 4.73. The number of nitro groups is 1. The summed E-state index contributed by atoms with van der Waals surface area (Å²) in [6.45, 7) is 1.89. The summed E-state index contributed by atoms with van der Waals surface area (Å²) in [5.41, 5.74) is 5.67. The van der Waals surface area contributed by atoms with Gasteiger partial charge in [0.05, 0.1) is 11.5 Å². The van der Waals surface area contributed by atoms with Crippen LogP contribution in [0.3, 0.4) is 0 Å². The molecule has 0 bridgehead atoms. The molecule has 0 saturated carbocycles. The Morgan fingerprint density at radius 2 is 2.28 bits per heavy atom. The first-order valence-electron chi connectivity index (χ1n) is 5.34.